The summed E-state index contributed by atoms with van der Waals surface area (Å²) in [5.74, 6) is -4.73. The molecule has 0 aromatic heterocycles. The van der Waals surface area contributed by atoms with Crippen LogP contribution in [0.1, 0.15) is 58.1 Å². The molecule has 3 saturated heterocycles. The molecule has 3 heterocycles. The number of alkyl halides is 3. The first-order valence-electron chi connectivity index (χ1n) is 12.6. The van der Waals surface area contributed by atoms with Crippen LogP contribution in [0.25, 0.3) is 0 Å². The largest absolute Gasteiger partial charge is 0.490 e. The van der Waals surface area contributed by atoms with E-state index in [0.29, 0.717) is 24.8 Å². The van der Waals surface area contributed by atoms with E-state index < -0.39 is 29.5 Å². The molecule has 2 amide bonds. The monoisotopic (exact) mass is 558 g/mol. The first-order chi connectivity index (χ1) is 17.8. The number of carboxylic acids is 1. The van der Waals surface area contributed by atoms with Gasteiger partial charge in [-0.25, -0.2) is 4.79 Å². The number of hydrogen-bond donors (Lipinski definition) is 1. The lowest BCUT2D eigenvalue weighted by atomic mass is 9.75. The van der Waals surface area contributed by atoms with Gasteiger partial charge in [-0.2, -0.15) is 13.2 Å². The number of aliphatic carboxylic acids is 1. The summed E-state index contributed by atoms with van der Waals surface area (Å²) >= 11 is 1.83. The van der Waals surface area contributed by atoms with E-state index >= 15 is 0 Å². The van der Waals surface area contributed by atoms with E-state index in [1.807, 2.05) is 18.7 Å². The van der Waals surface area contributed by atoms with Gasteiger partial charge in [-0.3, -0.25) is 24.2 Å². The van der Waals surface area contributed by atoms with Crippen LogP contribution < -0.4 is 0 Å². The van der Waals surface area contributed by atoms with Gasteiger partial charge >= 0.3 is 18.1 Å². The molecule has 0 bridgehead atoms. The van der Waals surface area contributed by atoms with Crippen LogP contribution >= 0.6 is 11.8 Å². The Bertz CT molecular complexity index is 1070. The number of carboxylic acid groups (broad SMARTS) is 1. The van der Waals surface area contributed by atoms with Crippen molar-refractivity contribution in [3.63, 3.8) is 0 Å². The second-order valence-electron chi connectivity index (χ2n) is 9.64. The summed E-state index contributed by atoms with van der Waals surface area (Å²) in [7, 11) is 1.38. The number of carbonyl (C=O) groups is 4. The Morgan fingerprint density at radius 2 is 1.76 bits per heavy atom. The topological polar surface area (TPSA) is 104 Å². The molecule has 0 saturated carbocycles. The minimum atomic E-state index is -5.08. The summed E-state index contributed by atoms with van der Waals surface area (Å²) in [5.41, 5.74) is -0.0568. The SMILES string of the molecule is CCC(C)Sc1ccc(C2C3C(=O)N(CC)C(=O)C3[C@]3(C(=O)OC)CCCCN23)cc1.O=C(O)C(F)(F)F. The third kappa shape index (κ3) is 5.29. The quantitative estimate of drug-likeness (QED) is 0.314. The van der Waals surface area contributed by atoms with Crippen molar-refractivity contribution in [2.24, 2.45) is 11.8 Å². The minimum absolute atomic E-state index is 0.154. The zero-order valence-corrected chi connectivity index (χ0v) is 22.6. The molecule has 4 unspecified atom stereocenters. The Morgan fingerprint density at radius 1 is 1.16 bits per heavy atom. The van der Waals surface area contributed by atoms with E-state index in [2.05, 4.69) is 43.0 Å². The van der Waals surface area contributed by atoms with Crippen LogP contribution in [0, 0.1) is 11.8 Å². The lowest BCUT2D eigenvalue weighted by Crippen LogP contribution is -2.59. The second-order valence-corrected chi connectivity index (χ2v) is 11.2. The number of esters is 1. The molecular weight excluding hydrogens is 525 g/mol. The van der Waals surface area contributed by atoms with E-state index in [-0.39, 0.29) is 23.8 Å². The summed E-state index contributed by atoms with van der Waals surface area (Å²) in [5, 5.41) is 7.66. The number of thioether (sulfide) groups is 1. The Hall–Kier alpha value is -2.60. The first-order valence-corrected chi connectivity index (χ1v) is 13.5. The maximum absolute atomic E-state index is 13.4. The third-order valence-electron chi connectivity index (χ3n) is 7.58. The zero-order valence-electron chi connectivity index (χ0n) is 21.8. The smallest absolute Gasteiger partial charge is 0.475 e. The van der Waals surface area contributed by atoms with Gasteiger partial charge in [0.05, 0.1) is 18.9 Å². The maximum atomic E-state index is 13.4. The number of ether oxygens (including phenoxy) is 1. The highest BCUT2D eigenvalue weighted by Crippen LogP contribution is 2.58. The molecule has 0 spiro atoms. The number of likely N-dealkylation sites (tertiary alicyclic amines) is 1. The lowest BCUT2D eigenvalue weighted by Gasteiger charge is -2.44. The number of rotatable bonds is 6. The number of fused-ring (bicyclic) bond motifs is 3. The van der Waals surface area contributed by atoms with Crippen molar-refractivity contribution in [3.8, 4) is 0 Å². The van der Waals surface area contributed by atoms with Crippen molar-refractivity contribution in [2.75, 3.05) is 20.2 Å². The molecular formula is C26H33F3N2O6S. The van der Waals surface area contributed by atoms with Gasteiger partial charge < -0.3 is 9.84 Å². The number of amides is 2. The average Bonchev–Trinajstić information content (AvgIpc) is 3.33. The van der Waals surface area contributed by atoms with Gasteiger partial charge in [0.25, 0.3) is 0 Å². The van der Waals surface area contributed by atoms with Crippen molar-refractivity contribution < 1.29 is 42.2 Å². The van der Waals surface area contributed by atoms with E-state index in [1.165, 1.54) is 16.9 Å². The predicted octanol–water partition coefficient (Wildman–Crippen LogP) is 4.28. The molecule has 1 aromatic carbocycles. The van der Waals surface area contributed by atoms with Crippen LogP contribution in [-0.4, -0.2) is 75.8 Å². The highest BCUT2D eigenvalue weighted by molar-refractivity contribution is 7.99. The fourth-order valence-electron chi connectivity index (χ4n) is 5.79. The van der Waals surface area contributed by atoms with E-state index in [4.69, 9.17) is 14.6 Å². The molecule has 5 atom stereocenters. The van der Waals surface area contributed by atoms with Crippen LogP contribution in [0.4, 0.5) is 13.2 Å². The molecule has 8 nitrogen and oxygen atoms in total. The highest BCUT2D eigenvalue weighted by atomic mass is 32.2. The number of imide groups is 1. The van der Waals surface area contributed by atoms with Crippen LogP contribution in [-0.2, 0) is 23.9 Å². The number of benzene rings is 1. The summed E-state index contributed by atoms with van der Waals surface area (Å²) in [6.07, 6.45) is -1.65. The molecule has 3 aliphatic heterocycles. The molecule has 3 fully saturated rings. The van der Waals surface area contributed by atoms with E-state index in [1.54, 1.807) is 0 Å². The maximum Gasteiger partial charge on any atom is 0.490 e. The predicted molar refractivity (Wildman–Crippen MR) is 133 cm³/mol. The minimum Gasteiger partial charge on any atom is -0.475 e. The molecule has 4 rings (SSSR count). The summed E-state index contributed by atoms with van der Waals surface area (Å²) in [6.45, 7) is 7.22. The molecule has 1 aromatic rings. The Labute approximate surface area is 223 Å². The van der Waals surface area contributed by atoms with Gasteiger partial charge in [0, 0.05) is 22.7 Å². The summed E-state index contributed by atoms with van der Waals surface area (Å²) < 4.78 is 37.0. The molecule has 3 aliphatic rings. The molecule has 38 heavy (non-hydrogen) atoms. The van der Waals surface area contributed by atoms with Crippen LogP contribution in [0.15, 0.2) is 29.2 Å². The van der Waals surface area contributed by atoms with Crippen molar-refractivity contribution in [3.05, 3.63) is 29.8 Å². The van der Waals surface area contributed by atoms with Gasteiger partial charge in [0.15, 0.2) is 0 Å². The van der Waals surface area contributed by atoms with Gasteiger partial charge in [0.1, 0.15) is 5.54 Å². The first kappa shape index (κ1) is 29.9. The Balaban J connectivity index is 0.000000505. The molecule has 1 N–H and O–H groups in total. The third-order valence-corrected chi connectivity index (χ3v) is 8.86. The number of nitrogens with zero attached hydrogens (tertiary/aromatic N) is 2. The van der Waals surface area contributed by atoms with Crippen molar-refractivity contribution >= 4 is 35.5 Å². The Kier molecular flexibility index (Phi) is 9.18. The summed E-state index contributed by atoms with van der Waals surface area (Å²) in [6, 6.07) is 8.05. The van der Waals surface area contributed by atoms with E-state index in [9.17, 15) is 27.6 Å². The van der Waals surface area contributed by atoms with Gasteiger partial charge in [-0.15, -0.1) is 11.8 Å². The van der Waals surface area contributed by atoms with Crippen LogP contribution in [0.2, 0.25) is 0 Å². The molecule has 12 heteroatoms. The van der Waals surface area contributed by atoms with Gasteiger partial charge in [0.2, 0.25) is 11.8 Å². The zero-order chi connectivity index (χ0) is 28.4. The standard InChI is InChI=1S/C24H32N2O4S.C2HF3O2/c1-5-15(3)31-17-11-9-16(10-12-17)20-18-19(22(28)25(6-2)21(18)27)24(23(29)30-4)13-7-8-14-26(20)24;3-2(4,5)1(6)7/h9-12,15,18-20H,5-8,13-14H2,1-4H3;(H,6,7)/t15?,18?,19?,20?,24-;/m0./s1. The van der Waals surface area contributed by atoms with Gasteiger partial charge in [-0.05, 0) is 56.8 Å². The number of carbonyl (C=O) groups excluding carboxylic acids is 3. The number of piperidine rings is 1. The highest BCUT2D eigenvalue weighted by Gasteiger charge is 2.72. The van der Waals surface area contributed by atoms with E-state index in [0.717, 1.165) is 24.8 Å². The molecule has 0 aliphatic carbocycles. The number of halogens is 3. The molecule has 210 valence electrons. The lowest BCUT2D eigenvalue weighted by molar-refractivity contribution is -0.192. The van der Waals surface area contributed by atoms with Crippen LogP contribution in [0.5, 0.6) is 0 Å². The van der Waals surface area contributed by atoms with Gasteiger partial charge in [-0.1, -0.05) is 26.0 Å². The van der Waals surface area contributed by atoms with Crippen LogP contribution in [0.3, 0.4) is 0 Å². The average molecular weight is 559 g/mol. The number of methoxy groups -OCH3 is 1. The van der Waals surface area contributed by atoms with Crippen molar-refractivity contribution in [1.82, 2.24) is 9.80 Å². The fourth-order valence-corrected chi connectivity index (χ4v) is 6.71. The number of hydrogen-bond acceptors (Lipinski definition) is 7. The Morgan fingerprint density at radius 3 is 2.26 bits per heavy atom. The summed E-state index contributed by atoms with van der Waals surface area (Å²) in [4.78, 5) is 53.5. The fraction of sp³-hybridized carbons (Fsp3) is 0.615. The second kappa shape index (κ2) is 11.6. The normalized spacial score (nSPS) is 27.8. The van der Waals surface area contributed by atoms with Crippen molar-refractivity contribution in [1.29, 1.82) is 0 Å². The molecule has 0 radical (unpaired) electrons. The van der Waals surface area contributed by atoms with Crippen molar-refractivity contribution in [2.45, 2.75) is 74.4 Å².